The number of ether oxygens (including phenoxy) is 1. The summed E-state index contributed by atoms with van der Waals surface area (Å²) in [4.78, 5) is 5.17. The van der Waals surface area contributed by atoms with E-state index in [2.05, 4.69) is 81.4 Å². The summed E-state index contributed by atoms with van der Waals surface area (Å²) in [6.45, 7) is 7.43. The Bertz CT molecular complexity index is 651. The molecule has 2 atom stereocenters. The normalized spacial score (nSPS) is 18.3. The molecule has 2 aromatic carbocycles. The zero-order chi connectivity index (χ0) is 17.7. The summed E-state index contributed by atoms with van der Waals surface area (Å²) in [6.07, 6.45) is 2.98. The van der Waals surface area contributed by atoms with Crippen molar-refractivity contribution in [2.45, 2.75) is 45.6 Å². The maximum atomic E-state index is 6.15. The highest BCUT2D eigenvalue weighted by Gasteiger charge is 2.39. The van der Waals surface area contributed by atoms with Crippen LogP contribution in [-0.4, -0.2) is 18.0 Å². The maximum Gasteiger partial charge on any atom is 0.187 e. The van der Waals surface area contributed by atoms with E-state index in [0.717, 1.165) is 25.2 Å². The van der Waals surface area contributed by atoms with Crippen LogP contribution in [0.3, 0.4) is 0 Å². The van der Waals surface area contributed by atoms with E-state index in [1.807, 2.05) is 0 Å². The van der Waals surface area contributed by atoms with Gasteiger partial charge in [-0.25, -0.2) is 4.99 Å². The van der Waals surface area contributed by atoms with Gasteiger partial charge in [0.2, 0.25) is 0 Å². The second kappa shape index (κ2) is 7.86. The molecular formula is C23H29NO. The molecule has 25 heavy (non-hydrogen) atoms. The number of nitrogens with zero attached hydrogens (tertiary/aromatic N) is 1. The van der Waals surface area contributed by atoms with Crippen LogP contribution in [0.5, 0.6) is 0 Å². The van der Waals surface area contributed by atoms with Gasteiger partial charge in [0.1, 0.15) is 12.1 Å². The SMILES string of the molecule is CC[C@H](C)[C@H](C)C1=NC(Cc2ccccc2)(Cc2ccccc2)CO1. The van der Waals surface area contributed by atoms with Crippen LogP contribution in [0.1, 0.15) is 38.3 Å². The number of hydrogen-bond donors (Lipinski definition) is 0. The Morgan fingerprint density at radius 3 is 1.92 bits per heavy atom. The van der Waals surface area contributed by atoms with Gasteiger partial charge in [-0.2, -0.15) is 0 Å². The molecule has 0 saturated heterocycles. The second-order valence-electron chi connectivity index (χ2n) is 7.46. The highest BCUT2D eigenvalue weighted by atomic mass is 16.5. The smallest absolute Gasteiger partial charge is 0.187 e. The Morgan fingerprint density at radius 2 is 1.44 bits per heavy atom. The molecule has 1 aliphatic heterocycles. The Labute approximate surface area is 152 Å². The van der Waals surface area contributed by atoms with Crippen LogP contribution in [0.4, 0.5) is 0 Å². The fraction of sp³-hybridized carbons (Fsp3) is 0.435. The second-order valence-corrected chi connectivity index (χ2v) is 7.46. The number of hydrogen-bond acceptors (Lipinski definition) is 2. The first kappa shape index (κ1) is 17.7. The largest absolute Gasteiger partial charge is 0.478 e. The lowest BCUT2D eigenvalue weighted by Gasteiger charge is -2.24. The van der Waals surface area contributed by atoms with Crippen LogP contribution in [0, 0.1) is 11.8 Å². The van der Waals surface area contributed by atoms with E-state index in [4.69, 9.17) is 9.73 Å². The van der Waals surface area contributed by atoms with E-state index >= 15 is 0 Å². The molecule has 0 spiro atoms. The zero-order valence-electron chi connectivity index (χ0n) is 15.6. The molecule has 0 aromatic heterocycles. The predicted molar refractivity (Wildman–Crippen MR) is 105 cm³/mol. The molecule has 0 aliphatic carbocycles. The van der Waals surface area contributed by atoms with Crippen molar-refractivity contribution in [3.05, 3.63) is 71.8 Å². The van der Waals surface area contributed by atoms with Crippen molar-refractivity contribution < 1.29 is 4.74 Å². The zero-order valence-corrected chi connectivity index (χ0v) is 15.6. The molecule has 0 radical (unpaired) electrons. The van der Waals surface area contributed by atoms with Crippen LogP contribution >= 0.6 is 0 Å². The van der Waals surface area contributed by atoms with Crippen LogP contribution in [-0.2, 0) is 17.6 Å². The lowest BCUT2D eigenvalue weighted by Crippen LogP contribution is -2.34. The topological polar surface area (TPSA) is 21.6 Å². The summed E-state index contributed by atoms with van der Waals surface area (Å²) >= 11 is 0. The third kappa shape index (κ3) is 4.31. The molecule has 2 nitrogen and oxygen atoms in total. The standard InChI is InChI=1S/C23H29NO/c1-4-18(2)19(3)22-24-23(17-25-22,15-20-11-7-5-8-12-20)16-21-13-9-6-10-14-21/h5-14,18-19H,4,15-17H2,1-3H3/t18-,19-/m0/s1. The van der Waals surface area contributed by atoms with Crippen molar-refractivity contribution in [2.75, 3.05) is 6.61 Å². The minimum atomic E-state index is -0.195. The van der Waals surface area contributed by atoms with Crippen LogP contribution in [0.25, 0.3) is 0 Å². The molecule has 1 heterocycles. The van der Waals surface area contributed by atoms with Gasteiger partial charge in [0.05, 0.1) is 0 Å². The Hall–Kier alpha value is -2.09. The molecular weight excluding hydrogens is 306 g/mol. The number of aliphatic imine (C=N–C) groups is 1. The third-order valence-corrected chi connectivity index (χ3v) is 5.48. The van der Waals surface area contributed by atoms with E-state index in [1.165, 1.54) is 11.1 Å². The average molecular weight is 335 g/mol. The summed E-state index contributed by atoms with van der Waals surface area (Å²) in [7, 11) is 0. The van der Waals surface area contributed by atoms with Gasteiger partial charge in [-0.1, -0.05) is 87.9 Å². The maximum absolute atomic E-state index is 6.15. The fourth-order valence-electron chi connectivity index (χ4n) is 3.53. The van der Waals surface area contributed by atoms with Crippen molar-refractivity contribution in [3.63, 3.8) is 0 Å². The van der Waals surface area contributed by atoms with Gasteiger partial charge in [0.25, 0.3) is 0 Å². The molecule has 2 heteroatoms. The van der Waals surface area contributed by atoms with Gasteiger partial charge >= 0.3 is 0 Å². The molecule has 0 amide bonds. The van der Waals surface area contributed by atoms with E-state index in [9.17, 15) is 0 Å². The number of rotatable bonds is 7. The highest BCUT2D eigenvalue weighted by molar-refractivity contribution is 5.80. The highest BCUT2D eigenvalue weighted by Crippen LogP contribution is 2.32. The van der Waals surface area contributed by atoms with E-state index in [-0.39, 0.29) is 5.54 Å². The summed E-state index contributed by atoms with van der Waals surface area (Å²) in [5, 5.41) is 0. The number of benzene rings is 2. The minimum Gasteiger partial charge on any atom is -0.478 e. The minimum absolute atomic E-state index is 0.195. The molecule has 0 fully saturated rings. The lowest BCUT2D eigenvalue weighted by atomic mass is 9.86. The first-order valence-corrected chi connectivity index (χ1v) is 9.42. The van der Waals surface area contributed by atoms with Gasteiger partial charge < -0.3 is 4.74 Å². The molecule has 0 N–H and O–H groups in total. The Balaban J connectivity index is 1.89. The summed E-state index contributed by atoms with van der Waals surface area (Å²) in [5.41, 5.74) is 2.45. The van der Waals surface area contributed by atoms with Gasteiger partial charge in [0.15, 0.2) is 5.90 Å². The fourth-order valence-corrected chi connectivity index (χ4v) is 3.53. The van der Waals surface area contributed by atoms with Gasteiger partial charge in [-0.3, -0.25) is 0 Å². The average Bonchev–Trinajstić information content (AvgIpc) is 3.05. The molecule has 1 aliphatic rings. The van der Waals surface area contributed by atoms with Crippen LogP contribution < -0.4 is 0 Å². The monoisotopic (exact) mass is 335 g/mol. The quantitative estimate of drug-likeness (QED) is 0.671. The molecule has 0 bridgehead atoms. The first-order valence-electron chi connectivity index (χ1n) is 9.42. The third-order valence-electron chi connectivity index (χ3n) is 5.48. The van der Waals surface area contributed by atoms with Crippen LogP contribution in [0.2, 0.25) is 0 Å². The first-order chi connectivity index (χ1) is 12.1. The molecule has 2 aromatic rings. The summed E-state index contributed by atoms with van der Waals surface area (Å²) in [6, 6.07) is 21.3. The van der Waals surface area contributed by atoms with Crippen molar-refractivity contribution >= 4 is 5.90 Å². The lowest BCUT2D eigenvalue weighted by molar-refractivity contribution is 0.235. The molecule has 132 valence electrons. The van der Waals surface area contributed by atoms with Gasteiger partial charge in [-0.05, 0) is 17.0 Å². The van der Waals surface area contributed by atoms with Crippen molar-refractivity contribution in [2.24, 2.45) is 16.8 Å². The predicted octanol–water partition coefficient (Wildman–Crippen LogP) is 5.32. The Morgan fingerprint density at radius 1 is 0.920 bits per heavy atom. The van der Waals surface area contributed by atoms with Crippen molar-refractivity contribution in [1.82, 2.24) is 0 Å². The van der Waals surface area contributed by atoms with Gasteiger partial charge in [-0.15, -0.1) is 0 Å². The van der Waals surface area contributed by atoms with Gasteiger partial charge in [0, 0.05) is 18.8 Å². The Kier molecular flexibility index (Phi) is 5.57. The van der Waals surface area contributed by atoms with E-state index < -0.39 is 0 Å². The van der Waals surface area contributed by atoms with Crippen molar-refractivity contribution in [3.8, 4) is 0 Å². The van der Waals surface area contributed by atoms with E-state index in [1.54, 1.807) is 0 Å². The van der Waals surface area contributed by atoms with Crippen molar-refractivity contribution in [1.29, 1.82) is 0 Å². The van der Waals surface area contributed by atoms with E-state index in [0.29, 0.717) is 18.4 Å². The summed E-state index contributed by atoms with van der Waals surface area (Å²) in [5.74, 6) is 1.91. The summed E-state index contributed by atoms with van der Waals surface area (Å²) < 4.78 is 6.15. The molecule has 0 unspecified atom stereocenters. The molecule has 3 rings (SSSR count). The molecule has 0 saturated carbocycles. The van der Waals surface area contributed by atoms with Crippen LogP contribution in [0.15, 0.2) is 65.7 Å².